The Hall–Kier alpha value is -3.51. The van der Waals surface area contributed by atoms with E-state index >= 15 is 0 Å². The number of imidazole rings is 1. The highest BCUT2D eigenvalue weighted by atomic mass is 16.5. The van der Waals surface area contributed by atoms with Crippen LogP contribution in [-0.2, 0) is 10.5 Å². The van der Waals surface area contributed by atoms with Crippen LogP contribution in [-0.4, -0.2) is 35.6 Å². The lowest BCUT2D eigenvalue weighted by molar-refractivity contribution is -0.0447. The first-order chi connectivity index (χ1) is 14.5. The molecular weight excluding hydrogens is 382 g/mol. The summed E-state index contributed by atoms with van der Waals surface area (Å²) >= 11 is 0. The highest BCUT2D eigenvalue weighted by molar-refractivity contribution is 5.85. The molecule has 0 aliphatic carbocycles. The Morgan fingerprint density at radius 1 is 1.23 bits per heavy atom. The largest absolute Gasteiger partial charge is 0.355 e. The molecule has 1 fully saturated rings. The average Bonchev–Trinajstić information content (AvgIpc) is 3.45. The molecule has 0 N–H and O–H groups in total. The molecular formula is C21H21N7O2. The van der Waals surface area contributed by atoms with Gasteiger partial charge in [0.25, 0.3) is 5.56 Å². The Bertz CT molecular complexity index is 1380. The molecule has 30 heavy (non-hydrogen) atoms. The Morgan fingerprint density at radius 2 is 2.00 bits per heavy atom. The summed E-state index contributed by atoms with van der Waals surface area (Å²) in [6.07, 6.45) is 5.29. The first kappa shape index (κ1) is 18.5. The van der Waals surface area contributed by atoms with Crippen molar-refractivity contribution in [2.75, 3.05) is 6.61 Å². The minimum absolute atomic E-state index is 0.0234. The summed E-state index contributed by atoms with van der Waals surface area (Å²) in [6, 6.07) is 7.72. The standard InChI is InChI=1S/C21H21N7O2/c1-13(2)18-17(24-25-27(18)11-22)16-19-20(29)28(21(3)9-6-10-30-21)15-8-5-4-7-14(15)26(19)12-23-16/h4-5,7-8,12-13H,6,9-10H2,1-3H3. The van der Waals surface area contributed by atoms with Crippen LogP contribution in [0.3, 0.4) is 0 Å². The molecule has 0 radical (unpaired) electrons. The quantitative estimate of drug-likeness (QED) is 0.521. The fourth-order valence-corrected chi connectivity index (χ4v) is 4.44. The molecule has 1 unspecified atom stereocenters. The summed E-state index contributed by atoms with van der Waals surface area (Å²) in [7, 11) is 0. The van der Waals surface area contributed by atoms with E-state index in [1.54, 1.807) is 15.3 Å². The van der Waals surface area contributed by atoms with Crippen LogP contribution in [0, 0.1) is 11.5 Å². The lowest BCUT2D eigenvalue weighted by Gasteiger charge is -2.28. The van der Waals surface area contributed by atoms with Crippen LogP contribution in [0.1, 0.15) is 45.2 Å². The predicted molar refractivity (Wildman–Crippen MR) is 110 cm³/mol. The van der Waals surface area contributed by atoms with E-state index in [4.69, 9.17) is 4.74 Å². The molecule has 1 aromatic carbocycles. The summed E-state index contributed by atoms with van der Waals surface area (Å²) in [5, 5.41) is 17.6. The van der Waals surface area contributed by atoms with Crippen molar-refractivity contribution in [3.05, 3.63) is 46.6 Å². The second kappa shape index (κ2) is 6.50. The third-order valence-corrected chi connectivity index (χ3v) is 5.80. The summed E-state index contributed by atoms with van der Waals surface area (Å²) in [5.41, 5.74) is 2.60. The monoisotopic (exact) mass is 403 g/mol. The van der Waals surface area contributed by atoms with Gasteiger partial charge in [-0.15, -0.1) is 9.78 Å². The first-order valence-corrected chi connectivity index (χ1v) is 9.97. The van der Waals surface area contributed by atoms with Gasteiger partial charge in [-0.1, -0.05) is 31.2 Å². The molecule has 9 heteroatoms. The van der Waals surface area contributed by atoms with E-state index < -0.39 is 5.72 Å². The van der Waals surface area contributed by atoms with Gasteiger partial charge in [-0.2, -0.15) is 5.26 Å². The van der Waals surface area contributed by atoms with E-state index in [0.717, 1.165) is 23.9 Å². The van der Waals surface area contributed by atoms with Crippen LogP contribution in [0.2, 0.25) is 0 Å². The smallest absolute Gasteiger partial charge is 0.280 e. The number of nitrogens with zero attached hydrogens (tertiary/aromatic N) is 7. The maximum Gasteiger partial charge on any atom is 0.280 e. The number of hydrogen-bond donors (Lipinski definition) is 0. The van der Waals surface area contributed by atoms with Crippen LogP contribution in [0.5, 0.6) is 0 Å². The number of rotatable bonds is 3. The maximum absolute atomic E-state index is 13.8. The molecule has 4 heterocycles. The molecule has 1 aliphatic rings. The second-order valence-electron chi connectivity index (χ2n) is 8.06. The van der Waals surface area contributed by atoms with Crippen molar-refractivity contribution in [2.24, 2.45) is 0 Å². The number of fused-ring (bicyclic) bond motifs is 3. The third kappa shape index (κ3) is 2.44. The van der Waals surface area contributed by atoms with E-state index in [1.807, 2.05) is 51.2 Å². The minimum atomic E-state index is -0.731. The van der Waals surface area contributed by atoms with E-state index in [2.05, 4.69) is 15.3 Å². The van der Waals surface area contributed by atoms with Crippen molar-refractivity contribution in [1.29, 1.82) is 5.26 Å². The number of hydrogen-bond acceptors (Lipinski definition) is 6. The number of benzene rings is 1. The van der Waals surface area contributed by atoms with Crippen LogP contribution >= 0.6 is 0 Å². The van der Waals surface area contributed by atoms with Crippen molar-refractivity contribution in [3.8, 4) is 17.6 Å². The van der Waals surface area contributed by atoms with Gasteiger partial charge >= 0.3 is 0 Å². The molecule has 0 bridgehead atoms. The molecule has 1 aliphatic heterocycles. The van der Waals surface area contributed by atoms with Gasteiger partial charge in [0.15, 0.2) is 0 Å². The van der Waals surface area contributed by atoms with E-state index in [1.165, 1.54) is 4.68 Å². The zero-order valence-electron chi connectivity index (χ0n) is 17.0. The van der Waals surface area contributed by atoms with Gasteiger partial charge in [0, 0.05) is 6.61 Å². The summed E-state index contributed by atoms with van der Waals surface area (Å²) in [4.78, 5) is 18.4. The van der Waals surface area contributed by atoms with Crippen molar-refractivity contribution >= 4 is 16.6 Å². The van der Waals surface area contributed by atoms with Crippen molar-refractivity contribution in [2.45, 2.75) is 45.3 Å². The molecule has 1 saturated heterocycles. The summed E-state index contributed by atoms with van der Waals surface area (Å²) in [5.74, 6) is -0.0234. The number of para-hydroxylation sites is 2. The molecule has 3 aromatic heterocycles. The van der Waals surface area contributed by atoms with Crippen molar-refractivity contribution in [1.82, 2.24) is 28.9 Å². The van der Waals surface area contributed by atoms with Crippen molar-refractivity contribution in [3.63, 3.8) is 0 Å². The van der Waals surface area contributed by atoms with Crippen LogP contribution in [0.25, 0.3) is 27.9 Å². The van der Waals surface area contributed by atoms with Gasteiger partial charge < -0.3 is 4.74 Å². The van der Waals surface area contributed by atoms with E-state index in [-0.39, 0.29) is 11.5 Å². The molecule has 4 aromatic rings. The fourth-order valence-electron chi connectivity index (χ4n) is 4.44. The summed E-state index contributed by atoms with van der Waals surface area (Å²) in [6.45, 7) is 6.47. The number of ether oxygens (including phenoxy) is 1. The zero-order valence-corrected chi connectivity index (χ0v) is 17.0. The highest BCUT2D eigenvalue weighted by Crippen LogP contribution is 2.34. The van der Waals surface area contributed by atoms with Crippen molar-refractivity contribution < 1.29 is 4.74 Å². The average molecular weight is 403 g/mol. The lowest BCUT2D eigenvalue weighted by Crippen LogP contribution is -2.39. The first-order valence-electron chi connectivity index (χ1n) is 9.97. The van der Waals surface area contributed by atoms with E-state index in [9.17, 15) is 10.1 Å². The van der Waals surface area contributed by atoms with Gasteiger partial charge in [0.2, 0.25) is 6.19 Å². The topological polar surface area (TPSA) is 103 Å². The third-order valence-electron chi connectivity index (χ3n) is 5.80. The number of nitriles is 1. The van der Waals surface area contributed by atoms with Gasteiger partial charge in [0.05, 0.1) is 16.7 Å². The zero-order chi connectivity index (χ0) is 21.0. The molecule has 1 atom stereocenters. The van der Waals surface area contributed by atoms with Gasteiger partial charge in [-0.25, -0.2) is 4.98 Å². The molecule has 0 spiro atoms. The Kier molecular flexibility index (Phi) is 4.01. The molecule has 5 rings (SSSR count). The Balaban J connectivity index is 1.91. The Labute approximate surface area is 172 Å². The predicted octanol–water partition coefficient (Wildman–Crippen LogP) is 2.84. The molecule has 0 saturated carbocycles. The minimum Gasteiger partial charge on any atom is -0.355 e. The molecule has 152 valence electrons. The molecule has 9 nitrogen and oxygen atoms in total. The fraction of sp³-hybridized carbons (Fsp3) is 0.381. The second-order valence-corrected chi connectivity index (χ2v) is 8.06. The summed E-state index contributed by atoms with van der Waals surface area (Å²) < 4.78 is 10.7. The number of aromatic nitrogens is 6. The lowest BCUT2D eigenvalue weighted by atomic mass is 10.1. The SMILES string of the molecule is CC(C)c1c(-c2ncn3c2c(=O)n(C2(C)CCCO2)c2ccccc23)nnn1C#N. The maximum atomic E-state index is 13.8. The Morgan fingerprint density at radius 3 is 2.67 bits per heavy atom. The van der Waals surface area contributed by atoms with Gasteiger partial charge in [-0.3, -0.25) is 13.8 Å². The normalized spacial score (nSPS) is 19.2. The van der Waals surface area contributed by atoms with Crippen LogP contribution in [0.15, 0.2) is 35.4 Å². The van der Waals surface area contributed by atoms with Gasteiger partial charge in [0.1, 0.15) is 29.0 Å². The van der Waals surface area contributed by atoms with Crippen LogP contribution in [0.4, 0.5) is 0 Å². The highest BCUT2D eigenvalue weighted by Gasteiger charge is 2.35. The van der Waals surface area contributed by atoms with E-state index in [0.29, 0.717) is 29.2 Å². The molecule has 0 amide bonds. The van der Waals surface area contributed by atoms with Gasteiger partial charge in [-0.05, 0) is 37.8 Å². The van der Waals surface area contributed by atoms with Crippen LogP contribution < -0.4 is 5.56 Å².